The molecular weight excluding hydrogens is 268 g/mol. The predicted octanol–water partition coefficient (Wildman–Crippen LogP) is 3.48. The molecule has 0 saturated carbocycles. The highest BCUT2D eigenvalue weighted by Crippen LogP contribution is 2.34. The molecule has 0 aliphatic carbocycles. The van der Waals surface area contributed by atoms with E-state index in [9.17, 15) is 10.2 Å². The van der Waals surface area contributed by atoms with E-state index in [4.69, 9.17) is 11.6 Å². The van der Waals surface area contributed by atoms with Gasteiger partial charge in [-0.25, -0.2) is 0 Å². The molecular formula is C14H13ClO2S. The molecule has 0 amide bonds. The third-order valence-corrected chi connectivity index (χ3v) is 4.02. The van der Waals surface area contributed by atoms with Gasteiger partial charge in [0.15, 0.2) is 0 Å². The first-order valence-corrected chi connectivity index (χ1v) is 6.70. The summed E-state index contributed by atoms with van der Waals surface area (Å²) < 4.78 is 0. The van der Waals surface area contributed by atoms with Gasteiger partial charge in [0.2, 0.25) is 0 Å². The Morgan fingerprint density at radius 3 is 2.28 bits per heavy atom. The van der Waals surface area contributed by atoms with Crippen molar-refractivity contribution in [2.24, 2.45) is 0 Å². The highest BCUT2D eigenvalue weighted by Gasteiger charge is 2.07. The van der Waals surface area contributed by atoms with E-state index < -0.39 is 0 Å². The maximum Gasteiger partial charge on any atom is 0.0692 e. The lowest BCUT2D eigenvalue weighted by Crippen LogP contribution is -1.90. The summed E-state index contributed by atoms with van der Waals surface area (Å²) in [6, 6.07) is 13.0. The van der Waals surface area contributed by atoms with Crippen LogP contribution in [0.4, 0.5) is 0 Å². The number of aliphatic hydroxyl groups is 2. The van der Waals surface area contributed by atoms with Gasteiger partial charge in [0.05, 0.1) is 13.2 Å². The van der Waals surface area contributed by atoms with Crippen LogP contribution in [0.25, 0.3) is 0 Å². The van der Waals surface area contributed by atoms with Gasteiger partial charge in [-0.05, 0) is 29.3 Å². The molecule has 2 aromatic carbocycles. The van der Waals surface area contributed by atoms with Crippen molar-refractivity contribution in [3.8, 4) is 0 Å². The van der Waals surface area contributed by atoms with Gasteiger partial charge in [0.1, 0.15) is 0 Å². The first-order chi connectivity index (χ1) is 8.74. The average Bonchev–Trinajstić information content (AvgIpc) is 2.40. The molecule has 0 aliphatic heterocycles. The molecule has 2 aromatic rings. The van der Waals surface area contributed by atoms with Crippen molar-refractivity contribution in [2.75, 3.05) is 0 Å². The highest BCUT2D eigenvalue weighted by atomic mass is 35.5. The number of benzene rings is 2. The zero-order chi connectivity index (χ0) is 13.0. The Bertz CT molecular complexity index is 543. The van der Waals surface area contributed by atoms with Gasteiger partial charge in [0, 0.05) is 14.8 Å². The Morgan fingerprint density at radius 1 is 0.889 bits per heavy atom. The number of hydrogen-bond donors (Lipinski definition) is 2. The zero-order valence-electron chi connectivity index (χ0n) is 9.64. The topological polar surface area (TPSA) is 40.5 Å². The van der Waals surface area contributed by atoms with Gasteiger partial charge in [-0.1, -0.05) is 47.6 Å². The van der Waals surface area contributed by atoms with E-state index in [1.807, 2.05) is 36.4 Å². The fourth-order valence-corrected chi connectivity index (χ4v) is 2.94. The second-order valence-electron chi connectivity index (χ2n) is 3.78. The minimum absolute atomic E-state index is 0.00179. The number of hydrogen-bond acceptors (Lipinski definition) is 3. The van der Waals surface area contributed by atoms with E-state index in [1.54, 1.807) is 6.07 Å². The largest absolute Gasteiger partial charge is 0.392 e. The Balaban J connectivity index is 2.36. The molecule has 0 radical (unpaired) electrons. The normalized spacial score (nSPS) is 10.6. The lowest BCUT2D eigenvalue weighted by molar-refractivity contribution is 0.278. The van der Waals surface area contributed by atoms with Gasteiger partial charge < -0.3 is 10.2 Å². The van der Waals surface area contributed by atoms with E-state index in [0.29, 0.717) is 5.02 Å². The van der Waals surface area contributed by atoms with Crippen molar-refractivity contribution < 1.29 is 10.2 Å². The molecule has 94 valence electrons. The van der Waals surface area contributed by atoms with Gasteiger partial charge >= 0.3 is 0 Å². The molecule has 0 aromatic heterocycles. The molecule has 0 fully saturated rings. The van der Waals surface area contributed by atoms with Gasteiger partial charge in [0.25, 0.3) is 0 Å². The Morgan fingerprint density at radius 2 is 1.56 bits per heavy atom. The maximum absolute atomic E-state index is 9.31. The summed E-state index contributed by atoms with van der Waals surface area (Å²) in [6.07, 6.45) is 0. The Hall–Kier alpha value is -1.00. The monoisotopic (exact) mass is 280 g/mol. The van der Waals surface area contributed by atoms with Crippen LogP contribution >= 0.6 is 23.4 Å². The molecule has 0 atom stereocenters. The third-order valence-electron chi connectivity index (χ3n) is 2.56. The molecule has 2 N–H and O–H groups in total. The van der Waals surface area contributed by atoms with Gasteiger partial charge in [-0.3, -0.25) is 0 Å². The molecule has 0 unspecified atom stereocenters. The van der Waals surface area contributed by atoms with Crippen LogP contribution in [0.3, 0.4) is 0 Å². The fourth-order valence-electron chi connectivity index (χ4n) is 1.61. The molecule has 0 saturated heterocycles. The highest BCUT2D eigenvalue weighted by molar-refractivity contribution is 7.99. The van der Waals surface area contributed by atoms with Crippen LogP contribution in [-0.2, 0) is 13.2 Å². The minimum Gasteiger partial charge on any atom is -0.392 e. The summed E-state index contributed by atoms with van der Waals surface area (Å²) in [5.41, 5.74) is 1.70. The van der Waals surface area contributed by atoms with Crippen molar-refractivity contribution in [3.05, 3.63) is 58.6 Å². The Kier molecular flexibility index (Phi) is 4.66. The second kappa shape index (κ2) is 6.25. The van der Waals surface area contributed by atoms with Gasteiger partial charge in [-0.2, -0.15) is 0 Å². The summed E-state index contributed by atoms with van der Waals surface area (Å²) in [6.45, 7) is -0.0288. The molecule has 0 bridgehead atoms. The lowest BCUT2D eigenvalue weighted by atomic mass is 10.2. The second-order valence-corrected chi connectivity index (χ2v) is 5.30. The quantitative estimate of drug-likeness (QED) is 0.901. The first-order valence-electron chi connectivity index (χ1n) is 5.50. The van der Waals surface area contributed by atoms with Crippen molar-refractivity contribution >= 4 is 23.4 Å². The Labute approximate surface area is 115 Å². The van der Waals surface area contributed by atoms with Crippen molar-refractivity contribution in [1.29, 1.82) is 0 Å². The van der Waals surface area contributed by atoms with Crippen molar-refractivity contribution in [1.82, 2.24) is 0 Å². The van der Waals surface area contributed by atoms with E-state index in [1.165, 1.54) is 11.8 Å². The van der Waals surface area contributed by atoms with E-state index in [2.05, 4.69) is 0 Å². The van der Waals surface area contributed by atoms with Crippen LogP contribution < -0.4 is 0 Å². The smallest absolute Gasteiger partial charge is 0.0692 e. The summed E-state index contributed by atoms with van der Waals surface area (Å²) >= 11 is 7.47. The van der Waals surface area contributed by atoms with Crippen molar-refractivity contribution in [2.45, 2.75) is 23.0 Å². The third kappa shape index (κ3) is 3.06. The summed E-state index contributed by atoms with van der Waals surface area (Å²) in [4.78, 5) is 1.88. The molecule has 0 heterocycles. The van der Waals surface area contributed by atoms with Crippen molar-refractivity contribution in [3.63, 3.8) is 0 Å². The number of rotatable bonds is 4. The molecule has 4 heteroatoms. The number of aliphatic hydroxyl groups excluding tert-OH is 2. The average molecular weight is 281 g/mol. The van der Waals surface area contributed by atoms with Crippen LogP contribution in [0.1, 0.15) is 11.1 Å². The van der Waals surface area contributed by atoms with Crippen LogP contribution in [0.15, 0.2) is 52.3 Å². The molecule has 18 heavy (non-hydrogen) atoms. The lowest BCUT2D eigenvalue weighted by Gasteiger charge is -2.10. The van der Waals surface area contributed by atoms with E-state index in [0.717, 1.165) is 20.9 Å². The summed E-state index contributed by atoms with van der Waals surface area (Å²) in [5.74, 6) is 0. The van der Waals surface area contributed by atoms with Crippen LogP contribution in [0.2, 0.25) is 5.02 Å². The van der Waals surface area contributed by atoms with E-state index >= 15 is 0 Å². The molecule has 2 rings (SSSR count). The first kappa shape index (κ1) is 13.4. The minimum atomic E-state index is -0.0270. The van der Waals surface area contributed by atoms with Crippen LogP contribution in [0, 0.1) is 0 Å². The zero-order valence-corrected chi connectivity index (χ0v) is 11.2. The van der Waals surface area contributed by atoms with Crippen LogP contribution in [-0.4, -0.2) is 10.2 Å². The predicted molar refractivity (Wildman–Crippen MR) is 73.9 cm³/mol. The summed E-state index contributed by atoms with van der Waals surface area (Å²) in [5, 5.41) is 19.2. The molecule has 0 aliphatic rings. The van der Waals surface area contributed by atoms with Crippen LogP contribution in [0.5, 0.6) is 0 Å². The summed E-state index contributed by atoms with van der Waals surface area (Å²) in [7, 11) is 0. The SMILES string of the molecule is OCc1ccccc1Sc1cc(Cl)ccc1CO. The standard InChI is InChI=1S/C14H13ClO2S/c15-12-6-5-11(9-17)14(7-12)18-13-4-2-1-3-10(13)8-16/h1-7,16-17H,8-9H2. The fraction of sp³-hybridized carbons (Fsp3) is 0.143. The molecule has 2 nitrogen and oxygen atoms in total. The van der Waals surface area contributed by atoms with Gasteiger partial charge in [-0.15, -0.1) is 0 Å². The van der Waals surface area contributed by atoms with E-state index in [-0.39, 0.29) is 13.2 Å². The maximum atomic E-state index is 9.31. The molecule has 0 spiro atoms. The number of halogens is 1.